The molecule has 1 aliphatic carbocycles. The van der Waals surface area contributed by atoms with E-state index in [1.807, 2.05) is 11.4 Å². The Hall–Kier alpha value is -1.48. The van der Waals surface area contributed by atoms with Crippen LogP contribution < -0.4 is 0 Å². The van der Waals surface area contributed by atoms with Gasteiger partial charge >= 0.3 is 0 Å². The molecule has 0 radical (unpaired) electrons. The zero-order chi connectivity index (χ0) is 9.71. The molecular formula is C11H5FOS. The maximum Gasteiger partial charge on any atom is 0.204 e. The highest BCUT2D eigenvalue weighted by Crippen LogP contribution is 2.39. The predicted octanol–water partition coefficient (Wildman–Crippen LogP) is 3.10. The van der Waals surface area contributed by atoms with Crippen molar-refractivity contribution in [3.63, 3.8) is 0 Å². The summed E-state index contributed by atoms with van der Waals surface area (Å²) in [7, 11) is 0. The minimum atomic E-state index is -0.296. The van der Waals surface area contributed by atoms with E-state index in [2.05, 4.69) is 0 Å². The molecule has 0 atom stereocenters. The molecule has 0 saturated carbocycles. The zero-order valence-corrected chi connectivity index (χ0v) is 7.90. The Morgan fingerprint density at radius 3 is 2.79 bits per heavy atom. The van der Waals surface area contributed by atoms with Crippen molar-refractivity contribution < 1.29 is 9.18 Å². The van der Waals surface area contributed by atoms with E-state index in [9.17, 15) is 9.18 Å². The van der Waals surface area contributed by atoms with Gasteiger partial charge in [-0.25, -0.2) is 4.39 Å². The Balaban J connectivity index is 2.40. The number of carbonyl (C=O) groups excluding carboxylic acids is 1. The Morgan fingerprint density at radius 2 is 1.93 bits per heavy atom. The van der Waals surface area contributed by atoms with Crippen LogP contribution in [0.1, 0.15) is 15.2 Å². The van der Waals surface area contributed by atoms with Crippen LogP contribution in [0.5, 0.6) is 0 Å². The molecule has 0 aliphatic heterocycles. The molecule has 0 fully saturated rings. The molecule has 0 amide bonds. The van der Waals surface area contributed by atoms with Gasteiger partial charge in [-0.2, -0.15) is 0 Å². The molecule has 0 saturated heterocycles. The quantitative estimate of drug-likeness (QED) is 0.550. The van der Waals surface area contributed by atoms with Gasteiger partial charge in [-0.3, -0.25) is 4.79 Å². The summed E-state index contributed by atoms with van der Waals surface area (Å²) < 4.78 is 13.0. The first-order chi connectivity index (χ1) is 6.77. The van der Waals surface area contributed by atoms with Crippen molar-refractivity contribution in [2.75, 3.05) is 0 Å². The lowest BCUT2D eigenvalue weighted by Crippen LogP contribution is -1.92. The van der Waals surface area contributed by atoms with Crippen LogP contribution >= 0.6 is 11.3 Å². The Labute approximate surface area is 83.8 Å². The minimum absolute atomic E-state index is 0.0185. The zero-order valence-electron chi connectivity index (χ0n) is 7.08. The number of thiophene rings is 1. The SMILES string of the molecule is O=C1c2ccc(F)cc2-c2ccsc21. The van der Waals surface area contributed by atoms with Gasteiger partial charge in [0.25, 0.3) is 0 Å². The smallest absolute Gasteiger partial charge is 0.204 e. The van der Waals surface area contributed by atoms with E-state index in [1.165, 1.54) is 23.5 Å². The van der Waals surface area contributed by atoms with Crippen molar-refractivity contribution in [3.8, 4) is 11.1 Å². The van der Waals surface area contributed by atoms with Gasteiger partial charge in [-0.15, -0.1) is 11.3 Å². The Morgan fingerprint density at radius 1 is 1.07 bits per heavy atom. The average Bonchev–Trinajstić information content (AvgIpc) is 2.71. The van der Waals surface area contributed by atoms with Crippen LogP contribution in [0.4, 0.5) is 4.39 Å². The fourth-order valence-electron chi connectivity index (χ4n) is 1.76. The second-order valence-electron chi connectivity index (χ2n) is 3.18. The number of halogens is 1. The molecule has 14 heavy (non-hydrogen) atoms. The summed E-state index contributed by atoms with van der Waals surface area (Å²) in [5.74, 6) is -0.277. The van der Waals surface area contributed by atoms with Crippen molar-refractivity contribution in [2.24, 2.45) is 0 Å². The van der Waals surface area contributed by atoms with Crippen LogP contribution in [-0.4, -0.2) is 5.78 Å². The Bertz CT molecular complexity index is 542. The average molecular weight is 204 g/mol. The van der Waals surface area contributed by atoms with Gasteiger partial charge in [0, 0.05) is 11.1 Å². The van der Waals surface area contributed by atoms with Gasteiger partial charge in [0.2, 0.25) is 5.78 Å². The molecule has 1 aliphatic rings. The monoisotopic (exact) mass is 204 g/mol. The molecule has 1 nitrogen and oxygen atoms in total. The maximum atomic E-state index is 13.0. The first-order valence-electron chi connectivity index (χ1n) is 4.19. The third-order valence-corrected chi connectivity index (χ3v) is 3.30. The van der Waals surface area contributed by atoms with Crippen LogP contribution in [0.15, 0.2) is 29.6 Å². The van der Waals surface area contributed by atoms with Crippen LogP contribution in [-0.2, 0) is 0 Å². The normalized spacial score (nSPS) is 12.8. The first kappa shape index (κ1) is 7.88. The van der Waals surface area contributed by atoms with E-state index in [4.69, 9.17) is 0 Å². The number of hydrogen-bond donors (Lipinski definition) is 0. The van der Waals surface area contributed by atoms with E-state index in [1.54, 1.807) is 6.07 Å². The molecular weight excluding hydrogens is 199 g/mol. The molecule has 0 spiro atoms. The fourth-order valence-corrected chi connectivity index (χ4v) is 2.62. The van der Waals surface area contributed by atoms with E-state index in [0.29, 0.717) is 5.56 Å². The lowest BCUT2D eigenvalue weighted by atomic mass is 10.1. The Kier molecular flexibility index (Phi) is 1.42. The predicted molar refractivity (Wildman–Crippen MR) is 53.1 cm³/mol. The van der Waals surface area contributed by atoms with Gasteiger partial charge in [-0.05, 0) is 35.2 Å². The molecule has 0 bridgehead atoms. The topological polar surface area (TPSA) is 17.1 Å². The molecule has 1 heterocycles. The fraction of sp³-hybridized carbons (Fsp3) is 0. The molecule has 68 valence electrons. The van der Waals surface area contributed by atoms with Crippen molar-refractivity contribution >= 4 is 17.1 Å². The molecule has 0 N–H and O–H groups in total. The standard InChI is InChI=1S/C11H5FOS/c12-6-1-2-7-9(5-6)8-3-4-14-11(8)10(7)13/h1-5H. The largest absolute Gasteiger partial charge is 0.288 e. The van der Waals surface area contributed by atoms with Crippen molar-refractivity contribution in [1.29, 1.82) is 0 Å². The van der Waals surface area contributed by atoms with E-state index >= 15 is 0 Å². The molecule has 3 heteroatoms. The van der Waals surface area contributed by atoms with Gasteiger partial charge in [-0.1, -0.05) is 0 Å². The third kappa shape index (κ3) is 0.849. The van der Waals surface area contributed by atoms with Crippen molar-refractivity contribution in [2.45, 2.75) is 0 Å². The van der Waals surface area contributed by atoms with Crippen LogP contribution in [0.25, 0.3) is 11.1 Å². The molecule has 3 rings (SSSR count). The van der Waals surface area contributed by atoms with Crippen molar-refractivity contribution in [1.82, 2.24) is 0 Å². The van der Waals surface area contributed by atoms with Crippen LogP contribution in [0.2, 0.25) is 0 Å². The summed E-state index contributed by atoms with van der Waals surface area (Å²) in [6.45, 7) is 0. The molecule has 1 aromatic carbocycles. The number of hydrogen-bond acceptors (Lipinski definition) is 2. The highest BCUT2D eigenvalue weighted by molar-refractivity contribution is 7.13. The highest BCUT2D eigenvalue weighted by Gasteiger charge is 2.27. The summed E-state index contributed by atoms with van der Waals surface area (Å²) in [6, 6.07) is 6.17. The molecule has 2 aromatic rings. The number of rotatable bonds is 0. The lowest BCUT2D eigenvalue weighted by Gasteiger charge is -1.96. The van der Waals surface area contributed by atoms with E-state index in [-0.39, 0.29) is 11.6 Å². The van der Waals surface area contributed by atoms with Gasteiger partial charge in [0.1, 0.15) is 5.82 Å². The van der Waals surface area contributed by atoms with Crippen LogP contribution in [0, 0.1) is 5.82 Å². The summed E-state index contributed by atoms with van der Waals surface area (Å²) in [4.78, 5) is 12.5. The minimum Gasteiger partial charge on any atom is -0.288 e. The van der Waals surface area contributed by atoms with Crippen LogP contribution in [0.3, 0.4) is 0 Å². The van der Waals surface area contributed by atoms with E-state index < -0.39 is 0 Å². The van der Waals surface area contributed by atoms with E-state index in [0.717, 1.165) is 16.0 Å². The maximum absolute atomic E-state index is 13.0. The summed E-state index contributed by atoms with van der Waals surface area (Å²) in [5, 5.41) is 1.86. The molecule has 0 unspecified atom stereocenters. The van der Waals surface area contributed by atoms with Gasteiger partial charge in [0.15, 0.2) is 0 Å². The lowest BCUT2D eigenvalue weighted by molar-refractivity contribution is 0.104. The number of ketones is 1. The van der Waals surface area contributed by atoms with Gasteiger partial charge in [0.05, 0.1) is 4.88 Å². The van der Waals surface area contributed by atoms with Crippen molar-refractivity contribution in [3.05, 3.63) is 45.9 Å². The second-order valence-corrected chi connectivity index (χ2v) is 4.10. The third-order valence-electron chi connectivity index (χ3n) is 2.39. The summed E-state index contributed by atoms with van der Waals surface area (Å²) in [6.07, 6.45) is 0. The summed E-state index contributed by atoms with van der Waals surface area (Å²) in [5.41, 5.74) is 2.22. The van der Waals surface area contributed by atoms with Gasteiger partial charge < -0.3 is 0 Å². The number of fused-ring (bicyclic) bond motifs is 3. The number of benzene rings is 1. The first-order valence-corrected chi connectivity index (χ1v) is 5.07. The summed E-state index contributed by atoms with van der Waals surface area (Å²) >= 11 is 1.41. The number of carbonyl (C=O) groups is 1. The second kappa shape index (κ2) is 2.51. The molecule has 1 aromatic heterocycles. The highest BCUT2D eigenvalue weighted by atomic mass is 32.1.